The standard InChI is InChI=1S/Al.Hf.7NO3/c;;7*2-1(3)4/q+3;+4;7*-1. The quantitative estimate of drug-likeness (QED) is 0.156. The first-order valence-corrected chi connectivity index (χ1v) is 3.83. The Labute approximate surface area is 186 Å². The fraction of sp³-hybridized carbons (Fsp3) is 0. The molecule has 0 aliphatic heterocycles. The smallest absolute Gasteiger partial charge is 0.356 e. The van der Waals surface area contributed by atoms with Gasteiger partial charge in [0.25, 0.3) is 0 Å². The van der Waals surface area contributed by atoms with Gasteiger partial charge in [-0.25, -0.2) is 0 Å². The molecule has 30 heavy (non-hydrogen) atoms. The first kappa shape index (κ1) is 56.2. The Kier molecular flexibility index (Phi) is 93.3. The van der Waals surface area contributed by atoms with Crippen molar-refractivity contribution in [1.82, 2.24) is 0 Å². The molecule has 0 N–H and O–H groups in total. The van der Waals surface area contributed by atoms with Gasteiger partial charge < -0.3 is 107 Å². The summed E-state index contributed by atoms with van der Waals surface area (Å²) in [5.74, 6) is 0. The van der Waals surface area contributed by atoms with Crippen LogP contribution in [0.1, 0.15) is 0 Å². The van der Waals surface area contributed by atoms with E-state index in [0.717, 1.165) is 0 Å². The Hall–Kier alpha value is -4.20. The van der Waals surface area contributed by atoms with E-state index in [9.17, 15) is 0 Å². The zero-order chi connectivity index (χ0) is 25.0. The molecule has 0 radical (unpaired) electrons. The third-order valence-corrected chi connectivity index (χ3v) is 0. The maximum absolute atomic E-state index is 8.25. The summed E-state index contributed by atoms with van der Waals surface area (Å²) in [5.41, 5.74) is 0. The van der Waals surface area contributed by atoms with Crippen LogP contribution in [0.5, 0.6) is 0 Å². The Morgan fingerprint density at radius 3 is 0.267 bits per heavy atom. The Morgan fingerprint density at radius 2 is 0.267 bits per heavy atom. The molecule has 28 nitrogen and oxygen atoms in total. The molecule has 0 unspecified atom stereocenters. The molecule has 0 spiro atoms. The van der Waals surface area contributed by atoms with E-state index in [4.69, 9.17) is 107 Å². The van der Waals surface area contributed by atoms with Crippen LogP contribution in [0.15, 0.2) is 0 Å². The fourth-order valence-electron chi connectivity index (χ4n) is 0. The van der Waals surface area contributed by atoms with Gasteiger partial charge in [-0.05, 0) is 0 Å². The molecular formula is AlHfN7O21. The van der Waals surface area contributed by atoms with Gasteiger partial charge in [0.1, 0.15) is 0 Å². The van der Waals surface area contributed by atoms with E-state index in [0.29, 0.717) is 0 Å². The molecule has 0 rings (SSSR count). The maximum atomic E-state index is 8.25. The molecule has 0 aromatic carbocycles. The molecule has 168 valence electrons. The molecule has 0 bridgehead atoms. The average Bonchev–Trinajstić information content (AvgIpc) is 2.20. The number of hydrogen-bond acceptors (Lipinski definition) is 21. The first-order valence-electron chi connectivity index (χ1n) is 3.83. The zero-order valence-corrected chi connectivity index (χ0v) is 17.5. The number of rotatable bonds is 0. The van der Waals surface area contributed by atoms with Crippen molar-refractivity contribution < 1.29 is 61.4 Å². The third-order valence-electron chi connectivity index (χ3n) is 0. The van der Waals surface area contributed by atoms with Crippen LogP contribution in [-0.2, 0) is 25.8 Å². The summed E-state index contributed by atoms with van der Waals surface area (Å²) in [5, 5.41) is 103. The largest absolute Gasteiger partial charge is 4.00 e. The van der Waals surface area contributed by atoms with Gasteiger partial charge in [-0.2, -0.15) is 0 Å². The summed E-state index contributed by atoms with van der Waals surface area (Å²) in [7, 11) is 0. The van der Waals surface area contributed by atoms with Crippen molar-refractivity contribution in [3.05, 3.63) is 107 Å². The van der Waals surface area contributed by atoms with Gasteiger partial charge in [-0.3, -0.25) is 0 Å². The van der Waals surface area contributed by atoms with Crippen LogP contribution in [-0.4, -0.2) is 53.0 Å². The minimum atomic E-state index is -1.75. The van der Waals surface area contributed by atoms with Gasteiger partial charge in [0.05, 0.1) is 35.6 Å². The van der Waals surface area contributed by atoms with Crippen molar-refractivity contribution in [2.45, 2.75) is 0 Å². The average molecular weight is 640 g/mol. The van der Waals surface area contributed by atoms with E-state index in [2.05, 4.69) is 0 Å². The molecule has 0 saturated heterocycles. The van der Waals surface area contributed by atoms with Crippen LogP contribution in [0, 0.1) is 107 Å². The second-order valence-corrected chi connectivity index (χ2v) is 1.57. The predicted octanol–water partition coefficient (Wildman–Crippen LogP) is -2.06. The van der Waals surface area contributed by atoms with Crippen LogP contribution < -0.4 is 0 Å². The molecule has 30 heteroatoms. The molecule has 0 aliphatic rings. The zero-order valence-electron chi connectivity index (χ0n) is 12.8. The van der Waals surface area contributed by atoms with Crippen LogP contribution in [0.4, 0.5) is 0 Å². The molecule has 0 aliphatic carbocycles. The molecule has 0 atom stereocenters. The Balaban J connectivity index is -0.0000000242. The molecule has 0 aromatic heterocycles. The SMILES string of the molecule is O=[N+]([O-])[O-].O=[N+]([O-])[O-].O=[N+]([O-])[O-].O=[N+]([O-])[O-].O=[N+]([O-])[O-].O=[N+]([O-])[O-].O=[N+]([O-])[O-].[Al+3].[Hf+4]. The predicted molar refractivity (Wildman–Crippen MR) is 78.3 cm³/mol. The second-order valence-electron chi connectivity index (χ2n) is 1.57. The van der Waals surface area contributed by atoms with Crippen molar-refractivity contribution in [1.29, 1.82) is 0 Å². The second kappa shape index (κ2) is 49.8. The summed E-state index contributed by atoms with van der Waals surface area (Å²) in [6.45, 7) is 0. The van der Waals surface area contributed by atoms with Crippen molar-refractivity contribution in [2.24, 2.45) is 0 Å². The van der Waals surface area contributed by atoms with Crippen molar-refractivity contribution >= 4 is 17.4 Å². The van der Waals surface area contributed by atoms with Crippen LogP contribution in [0.2, 0.25) is 0 Å². The summed E-state index contributed by atoms with van der Waals surface area (Å²) in [4.78, 5) is 57.8. The minimum Gasteiger partial charge on any atom is -0.356 e. The first-order chi connectivity index (χ1) is 12.1. The van der Waals surface area contributed by atoms with E-state index in [1.807, 2.05) is 0 Å². The van der Waals surface area contributed by atoms with Crippen LogP contribution in [0.25, 0.3) is 0 Å². The third kappa shape index (κ3) is 702. The summed E-state index contributed by atoms with van der Waals surface area (Å²) in [6, 6.07) is 0. The van der Waals surface area contributed by atoms with E-state index in [-0.39, 0.29) is 43.2 Å². The van der Waals surface area contributed by atoms with Gasteiger partial charge in [-0.1, -0.05) is 0 Å². The van der Waals surface area contributed by atoms with E-state index in [1.54, 1.807) is 0 Å². The van der Waals surface area contributed by atoms with Crippen molar-refractivity contribution in [2.75, 3.05) is 0 Å². The van der Waals surface area contributed by atoms with E-state index >= 15 is 0 Å². The van der Waals surface area contributed by atoms with Crippen molar-refractivity contribution in [3.63, 3.8) is 0 Å². The fourth-order valence-corrected chi connectivity index (χ4v) is 0. The summed E-state index contributed by atoms with van der Waals surface area (Å²) < 4.78 is 0. The molecule has 0 heterocycles. The van der Waals surface area contributed by atoms with E-state index in [1.165, 1.54) is 0 Å². The molecular weight excluding hydrogens is 640 g/mol. The molecule has 0 aromatic rings. The summed E-state index contributed by atoms with van der Waals surface area (Å²) in [6.07, 6.45) is 0. The topological polar surface area (TPSA) is 463 Å². The van der Waals surface area contributed by atoms with Crippen LogP contribution >= 0.6 is 0 Å². The van der Waals surface area contributed by atoms with E-state index < -0.39 is 35.6 Å². The monoisotopic (exact) mass is 641 g/mol. The number of nitrogens with zero attached hydrogens (tertiary/aromatic N) is 7. The van der Waals surface area contributed by atoms with Gasteiger partial charge >= 0.3 is 43.2 Å². The Morgan fingerprint density at radius 1 is 0.267 bits per heavy atom. The Bertz CT molecular complexity index is 314. The number of hydrogen-bond donors (Lipinski definition) is 0. The summed E-state index contributed by atoms with van der Waals surface area (Å²) >= 11 is 0. The van der Waals surface area contributed by atoms with Gasteiger partial charge in [-0.15, -0.1) is 0 Å². The van der Waals surface area contributed by atoms with Crippen LogP contribution in [0.3, 0.4) is 0 Å². The molecule has 0 amide bonds. The maximum Gasteiger partial charge on any atom is 4.00 e. The van der Waals surface area contributed by atoms with Crippen molar-refractivity contribution in [3.8, 4) is 0 Å². The molecule has 0 saturated carbocycles. The van der Waals surface area contributed by atoms with Gasteiger partial charge in [0.2, 0.25) is 0 Å². The minimum absolute atomic E-state index is 0. The molecule has 0 fully saturated rings. The van der Waals surface area contributed by atoms with Gasteiger partial charge in [0, 0.05) is 0 Å². The normalized spacial score (nSPS) is 5.60. The van der Waals surface area contributed by atoms with Gasteiger partial charge in [0.15, 0.2) is 0 Å².